The molecule has 138 valence electrons. The van der Waals surface area contributed by atoms with Gasteiger partial charge in [-0.3, -0.25) is 14.1 Å². The molecule has 0 fully saturated rings. The number of primary amides is 1. The lowest BCUT2D eigenvalue weighted by atomic mass is 10.2. The van der Waals surface area contributed by atoms with Gasteiger partial charge in [0, 0.05) is 23.1 Å². The lowest BCUT2D eigenvalue weighted by Gasteiger charge is -2.06. The molecule has 0 aliphatic heterocycles. The van der Waals surface area contributed by atoms with Gasteiger partial charge in [0.1, 0.15) is 11.6 Å². The summed E-state index contributed by atoms with van der Waals surface area (Å²) in [5.41, 5.74) is 5.75. The largest absolute Gasteiger partial charge is 0.366 e. The van der Waals surface area contributed by atoms with Gasteiger partial charge in [0.2, 0.25) is 5.91 Å². The number of benzene rings is 2. The van der Waals surface area contributed by atoms with E-state index in [0.717, 1.165) is 18.3 Å². The third-order valence-electron chi connectivity index (χ3n) is 3.31. The van der Waals surface area contributed by atoms with Crippen LogP contribution in [0, 0.1) is 11.3 Å². The van der Waals surface area contributed by atoms with E-state index in [0.29, 0.717) is 11.3 Å². The Morgan fingerprint density at radius 2 is 1.78 bits per heavy atom. The summed E-state index contributed by atoms with van der Waals surface area (Å²) in [6, 6.07) is 12.7. The molecule has 9 nitrogen and oxygen atoms in total. The zero-order valence-corrected chi connectivity index (χ0v) is 14.5. The summed E-state index contributed by atoms with van der Waals surface area (Å²) in [5, 5.41) is 14.2. The quantitative estimate of drug-likeness (QED) is 0.332. The number of carbonyl (C=O) groups is 2. The number of nitrogens with two attached hydrogens (primary N) is 1. The van der Waals surface area contributed by atoms with E-state index in [-0.39, 0.29) is 11.3 Å². The van der Waals surface area contributed by atoms with Crippen LogP contribution < -0.4 is 16.4 Å². The van der Waals surface area contributed by atoms with Crippen LogP contribution in [-0.4, -0.2) is 24.8 Å². The topological polar surface area (TPSA) is 162 Å². The monoisotopic (exact) mass is 386 g/mol. The van der Waals surface area contributed by atoms with Crippen molar-refractivity contribution in [1.29, 1.82) is 5.26 Å². The SMILES string of the molecule is N#C/C(=C/Nc1ccc(C(N)=O)cc1)C(=O)Nc1cccc(S(=O)(=O)O)c1. The van der Waals surface area contributed by atoms with E-state index in [2.05, 4.69) is 10.6 Å². The molecule has 0 saturated carbocycles. The first kappa shape index (κ1) is 19.6. The van der Waals surface area contributed by atoms with Gasteiger partial charge < -0.3 is 16.4 Å². The highest BCUT2D eigenvalue weighted by atomic mass is 32.2. The summed E-state index contributed by atoms with van der Waals surface area (Å²) in [4.78, 5) is 22.8. The number of rotatable bonds is 6. The van der Waals surface area contributed by atoms with E-state index in [1.165, 1.54) is 24.3 Å². The smallest absolute Gasteiger partial charge is 0.294 e. The Bertz CT molecular complexity index is 1050. The zero-order valence-electron chi connectivity index (χ0n) is 13.7. The van der Waals surface area contributed by atoms with Gasteiger partial charge in [-0.15, -0.1) is 0 Å². The standard InChI is InChI=1S/C17H14N4O5S/c18-9-12(10-20-13-6-4-11(5-7-13)16(19)22)17(23)21-14-2-1-3-15(8-14)27(24,25)26/h1-8,10,20H,(H2,19,22)(H,21,23)(H,24,25,26)/b12-10-. The lowest BCUT2D eigenvalue weighted by Crippen LogP contribution is -2.15. The maximum absolute atomic E-state index is 12.2. The third kappa shape index (κ3) is 5.40. The number of hydrogen-bond donors (Lipinski definition) is 4. The average molecular weight is 386 g/mol. The molecule has 2 aromatic rings. The highest BCUT2D eigenvalue weighted by Gasteiger charge is 2.13. The first-order valence-electron chi connectivity index (χ1n) is 7.36. The Balaban J connectivity index is 2.12. The van der Waals surface area contributed by atoms with E-state index < -0.39 is 26.8 Å². The molecule has 27 heavy (non-hydrogen) atoms. The number of carbonyl (C=O) groups excluding carboxylic acids is 2. The minimum Gasteiger partial charge on any atom is -0.366 e. The number of nitriles is 1. The second-order valence-electron chi connectivity index (χ2n) is 5.21. The Morgan fingerprint density at radius 1 is 1.11 bits per heavy atom. The highest BCUT2D eigenvalue weighted by molar-refractivity contribution is 7.85. The fourth-order valence-corrected chi connectivity index (χ4v) is 2.49. The van der Waals surface area contributed by atoms with Crippen LogP contribution in [0.4, 0.5) is 11.4 Å². The predicted molar refractivity (Wildman–Crippen MR) is 97.2 cm³/mol. The molecule has 2 rings (SSSR count). The Labute approximate surface area is 154 Å². The van der Waals surface area contributed by atoms with E-state index in [1.54, 1.807) is 18.2 Å². The molecule has 0 saturated heterocycles. The van der Waals surface area contributed by atoms with E-state index >= 15 is 0 Å². The molecule has 5 N–H and O–H groups in total. The predicted octanol–water partition coefficient (Wildman–Crippen LogP) is 1.49. The number of anilines is 2. The second kappa shape index (κ2) is 8.13. The van der Waals surface area contributed by atoms with Crippen molar-refractivity contribution in [3.63, 3.8) is 0 Å². The van der Waals surface area contributed by atoms with Gasteiger partial charge in [-0.05, 0) is 42.5 Å². The highest BCUT2D eigenvalue weighted by Crippen LogP contribution is 2.16. The summed E-state index contributed by atoms with van der Waals surface area (Å²) >= 11 is 0. The summed E-state index contributed by atoms with van der Waals surface area (Å²) in [5.74, 6) is -1.37. The van der Waals surface area contributed by atoms with Gasteiger partial charge >= 0.3 is 0 Å². The van der Waals surface area contributed by atoms with E-state index in [1.807, 2.05) is 0 Å². The number of hydrogen-bond acceptors (Lipinski definition) is 6. The van der Waals surface area contributed by atoms with Gasteiger partial charge in [-0.1, -0.05) is 6.07 Å². The molecular formula is C17H14N4O5S. The van der Waals surface area contributed by atoms with E-state index in [9.17, 15) is 18.0 Å². The van der Waals surface area contributed by atoms with Crippen LogP contribution in [0.1, 0.15) is 10.4 Å². The average Bonchev–Trinajstić information content (AvgIpc) is 2.62. The fraction of sp³-hybridized carbons (Fsp3) is 0. The van der Waals surface area contributed by atoms with Crippen LogP contribution in [0.15, 0.2) is 65.2 Å². The van der Waals surface area contributed by atoms with Crippen molar-refractivity contribution in [2.24, 2.45) is 5.73 Å². The molecule has 0 atom stereocenters. The summed E-state index contributed by atoms with van der Waals surface area (Å²) in [7, 11) is -4.42. The third-order valence-corrected chi connectivity index (χ3v) is 4.16. The van der Waals surface area contributed by atoms with Gasteiger partial charge in [0.25, 0.3) is 16.0 Å². The van der Waals surface area contributed by atoms with Crippen molar-refractivity contribution in [1.82, 2.24) is 0 Å². The maximum atomic E-state index is 12.2. The summed E-state index contributed by atoms with van der Waals surface area (Å²) < 4.78 is 31.3. The number of nitrogens with zero attached hydrogens (tertiary/aromatic N) is 1. The van der Waals surface area contributed by atoms with Gasteiger partial charge in [0.05, 0.1) is 4.90 Å². The van der Waals surface area contributed by atoms with Crippen LogP contribution in [-0.2, 0) is 14.9 Å². The molecule has 0 aliphatic carbocycles. The Morgan fingerprint density at radius 3 is 2.33 bits per heavy atom. The van der Waals surface area contributed by atoms with Crippen molar-refractivity contribution in [3.05, 3.63) is 65.9 Å². The lowest BCUT2D eigenvalue weighted by molar-refractivity contribution is -0.112. The number of amides is 2. The normalized spacial score (nSPS) is 11.3. The Hall–Kier alpha value is -3.68. The molecule has 0 aliphatic rings. The van der Waals surface area contributed by atoms with Gasteiger partial charge in [-0.25, -0.2) is 0 Å². The van der Waals surface area contributed by atoms with Crippen molar-refractivity contribution >= 4 is 33.3 Å². The van der Waals surface area contributed by atoms with Crippen LogP contribution in [0.2, 0.25) is 0 Å². The minimum atomic E-state index is -4.42. The molecule has 0 aromatic heterocycles. The van der Waals surface area contributed by atoms with Crippen molar-refractivity contribution in [2.75, 3.05) is 10.6 Å². The van der Waals surface area contributed by atoms with Gasteiger partial charge in [-0.2, -0.15) is 13.7 Å². The molecule has 2 amide bonds. The van der Waals surface area contributed by atoms with Crippen LogP contribution in [0.3, 0.4) is 0 Å². The molecule has 0 unspecified atom stereocenters. The molecule has 0 radical (unpaired) electrons. The van der Waals surface area contributed by atoms with E-state index in [4.69, 9.17) is 15.5 Å². The van der Waals surface area contributed by atoms with Crippen LogP contribution >= 0.6 is 0 Å². The van der Waals surface area contributed by atoms with Crippen LogP contribution in [0.25, 0.3) is 0 Å². The summed E-state index contributed by atoms with van der Waals surface area (Å²) in [6.07, 6.45) is 1.15. The molecule has 10 heteroatoms. The Kier molecular flexibility index (Phi) is 5.92. The van der Waals surface area contributed by atoms with Crippen molar-refractivity contribution in [3.8, 4) is 6.07 Å². The molecule has 0 spiro atoms. The first-order valence-corrected chi connectivity index (χ1v) is 8.80. The minimum absolute atomic E-state index is 0.0853. The summed E-state index contributed by atoms with van der Waals surface area (Å²) in [6.45, 7) is 0. The van der Waals surface area contributed by atoms with Gasteiger partial charge in [0.15, 0.2) is 0 Å². The molecule has 2 aromatic carbocycles. The second-order valence-corrected chi connectivity index (χ2v) is 6.63. The number of nitrogens with one attached hydrogen (secondary N) is 2. The fourth-order valence-electron chi connectivity index (χ4n) is 1.97. The first-order chi connectivity index (χ1) is 12.7. The van der Waals surface area contributed by atoms with Crippen molar-refractivity contribution < 1.29 is 22.6 Å². The molecule has 0 bridgehead atoms. The molecular weight excluding hydrogens is 372 g/mol. The maximum Gasteiger partial charge on any atom is 0.294 e. The van der Waals surface area contributed by atoms with Crippen LogP contribution in [0.5, 0.6) is 0 Å². The van der Waals surface area contributed by atoms with Crippen molar-refractivity contribution in [2.45, 2.75) is 4.90 Å². The molecule has 0 heterocycles. The zero-order chi connectivity index (χ0) is 20.0.